The molecule has 0 bridgehead atoms. The highest BCUT2D eigenvalue weighted by Crippen LogP contribution is 2.19. The Labute approximate surface area is 130 Å². The molecule has 0 saturated carbocycles. The lowest BCUT2D eigenvalue weighted by Gasteiger charge is -2.36. The van der Waals surface area contributed by atoms with Crippen LogP contribution in [0.5, 0.6) is 0 Å². The van der Waals surface area contributed by atoms with Crippen LogP contribution < -0.4 is 0 Å². The first-order chi connectivity index (χ1) is 9.96. The minimum absolute atomic E-state index is 0.0634. The molecule has 114 valence electrons. The molecule has 1 saturated heterocycles. The molecule has 1 fully saturated rings. The third kappa shape index (κ3) is 3.80. The number of nitrogens with zero attached hydrogens (tertiary/aromatic N) is 4. The molecule has 0 unspecified atom stereocenters. The molecule has 0 N–H and O–H groups in total. The molecule has 1 aliphatic rings. The molecule has 2 rings (SSSR count). The fourth-order valence-electron chi connectivity index (χ4n) is 2.37. The zero-order chi connectivity index (χ0) is 15.5. The number of carbonyl (C=O) groups excluding carboxylic acids is 1. The van der Waals surface area contributed by atoms with E-state index in [4.69, 9.17) is 5.26 Å². The van der Waals surface area contributed by atoms with E-state index in [0.29, 0.717) is 13.1 Å². The van der Waals surface area contributed by atoms with E-state index in [1.807, 2.05) is 0 Å². The number of piperazine rings is 1. The summed E-state index contributed by atoms with van der Waals surface area (Å²) in [5.41, 5.74) is 0.196. The van der Waals surface area contributed by atoms with E-state index in [1.54, 1.807) is 30.1 Å². The lowest BCUT2D eigenvalue weighted by molar-refractivity contribution is -0.139. The van der Waals surface area contributed by atoms with E-state index >= 15 is 0 Å². The van der Waals surface area contributed by atoms with Crippen molar-refractivity contribution in [2.45, 2.75) is 33.7 Å². The molecule has 2 heterocycles. The van der Waals surface area contributed by atoms with E-state index in [0.717, 1.165) is 31.7 Å². The highest BCUT2D eigenvalue weighted by atomic mass is 32.1. The Morgan fingerprint density at radius 3 is 2.62 bits per heavy atom. The van der Waals surface area contributed by atoms with Crippen LogP contribution in [0.25, 0.3) is 0 Å². The van der Waals surface area contributed by atoms with Gasteiger partial charge in [-0.3, -0.25) is 9.69 Å². The van der Waals surface area contributed by atoms with Crippen molar-refractivity contribution in [3.05, 3.63) is 16.1 Å². The van der Waals surface area contributed by atoms with E-state index in [-0.39, 0.29) is 5.91 Å². The fraction of sp³-hybridized carbons (Fsp3) is 0.667. The maximum absolute atomic E-state index is 12.2. The van der Waals surface area contributed by atoms with Crippen LogP contribution in [0, 0.1) is 16.7 Å². The number of hydrogen-bond acceptors (Lipinski definition) is 5. The van der Waals surface area contributed by atoms with Gasteiger partial charge in [0, 0.05) is 38.1 Å². The number of nitriles is 1. The second kappa shape index (κ2) is 6.54. The number of amides is 1. The van der Waals surface area contributed by atoms with Crippen LogP contribution in [0.3, 0.4) is 0 Å². The number of thiazole rings is 1. The summed E-state index contributed by atoms with van der Waals surface area (Å²) in [6, 6.07) is 2.09. The Morgan fingerprint density at radius 2 is 2.10 bits per heavy atom. The molecule has 1 aliphatic heterocycles. The second-order valence-electron chi connectivity index (χ2n) is 5.89. The Hall–Kier alpha value is -1.45. The molecule has 1 aromatic rings. The summed E-state index contributed by atoms with van der Waals surface area (Å²) < 4.78 is 0. The molecule has 0 aromatic carbocycles. The molecular weight excluding hydrogens is 284 g/mol. The number of carbonyl (C=O) groups is 1. The summed E-state index contributed by atoms with van der Waals surface area (Å²) in [6.45, 7) is 9.39. The summed E-state index contributed by atoms with van der Waals surface area (Å²) in [5.74, 6) is -0.0634. The fourth-order valence-corrected chi connectivity index (χ4v) is 3.10. The van der Waals surface area contributed by atoms with E-state index in [2.05, 4.69) is 28.3 Å². The lowest BCUT2D eigenvalue weighted by Crippen LogP contribution is -2.51. The average molecular weight is 306 g/mol. The summed E-state index contributed by atoms with van der Waals surface area (Å²) in [4.78, 5) is 20.9. The summed E-state index contributed by atoms with van der Waals surface area (Å²) in [5, 5.41) is 12.3. The molecule has 1 amide bonds. The zero-order valence-corrected chi connectivity index (χ0v) is 13.7. The molecule has 5 nitrogen and oxygen atoms in total. The largest absolute Gasteiger partial charge is 0.339 e. The van der Waals surface area contributed by atoms with E-state index in [9.17, 15) is 4.79 Å². The number of aryl methyl sites for hydroxylation is 1. The Balaban J connectivity index is 1.86. The van der Waals surface area contributed by atoms with Gasteiger partial charge in [-0.2, -0.15) is 5.26 Å². The maximum atomic E-state index is 12.2. The normalized spacial score (nSPS) is 16.8. The third-order valence-electron chi connectivity index (χ3n) is 3.76. The third-order valence-corrected chi connectivity index (χ3v) is 4.80. The molecular formula is C15H22N4OS. The van der Waals surface area contributed by atoms with Crippen molar-refractivity contribution >= 4 is 17.2 Å². The van der Waals surface area contributed by atoms with Crippen LogP contribution >= 0.6 is 11.3 Å². The van der Waals surface area contributed by atoms with Gasteiger partial charge in [-0.05, 0) is 20.3 Å². The highest BCUT2D eigenvalue weighted by Gasteiger charge is 2.33. The monoisotopic (exact) mass is 306 g/mol. The number of aromatic nitrogens is 1. The summed E-state index contributed by atoms with van der Waals surface area (Å²) >= 11 is 1.71. The number of rotatable bonds is 4. The minimum atomic E-state index is -0.924. The molecule has 0 spiro atoms. The van der Waals surface area contributed by atoms with Crippen molar-refractivity contribution in [2.24, 2.45) is 5.41 Å². The van der Waals surface area contributed by atoms with Crippen LogP contribution in [0.15, 0.2) is 5.38 Å². The van der Waals surface area contributed by atoms with Crippen LogP contribution in [-0.4, -0.2) is 46.9 Å². The molecule has 0 aliphatic carbocycles. The van der Waals surface area contributed by atoms with Crippen molar-refractivity contribution in [3.8, 4) is 6.07 Å². The predicted molar refractivity (Wildman–Crippen MR) is 82.7 cm³/mol. The van der Waals surface area contributed by atoms with Crippen LogP contribution in [-0.2, 0) is 17.8 Å². The van der Waals surface area contributed by atoms with Gasteiger partial charge in [-0.15, -0.1) is 11.3 Å². The second-order valence-corrected chi connectivity index (χ2v) is 6.83. The van der Waals surface area contributed by atoms with Crippen molar-refractivity contribution in [1.29, 1.82) is 5.26 Å². The average Bonchev–Trinajstić information content (AvgIpc) is 2.95. The zero-order valence-electron chi connectivity index (χ0n) is 12.9. The Kier molecular flexibility index (Phi) is 4.96. The summed E-state index contributed by atoms with van der Waals surface area (Å²) in [6.07, 6.45) is 0.982. The predicted octanol–water partition coefficient (Wildman–Crippen LogP) is 1.90. The van der Waals surface area contributed by atoms with E-state index < -0.39 is 5.41 Å². The van der Waals surface area contributed by atoms with Crippen molar-refractivity contribution in [3.63, 3.8) is 0 Å². The van der Waals surface area contributed by atoms with Crippen molar-refractivity contribution in [1.82, 2.24) is 14.8 Å². The SMILES string of the molecule is CCc1nc(CN2CCN(C(=O)C(C)(C)C#N)CC2)cs1. The first kappa shape index (κ1) is 15.9. The minimum Gasteiger partial charge on any atom is -0.339 e. The van der Waals surface area contributed by atoms with Gasteiger partial charge in [0.1, 0.15) is 5.41 Å². The van der Waals surface area contributed by atoms with Gasteiger partial charge in [0.2, 0.25) is 5.91 Å². The number of hydrogen-bond donors (Lipinski definition) is 0. The Morgan fingerprint density at radius 1 is 1.43 bits per heavy atom. The van der Waals surface area contributed by atoms with Crippen molar-refractivity contribution < 1.29 is 4.79 Å². The van der Waals surface area contributed by atoms with Gasteiger partial charge in [-0.25, -0.2) is 4.98 Å². The topological polar surface area (TPSA) is 60.2 Å². The Bertz CT molecular complexity index is 538. The van der Waals surface area contributed by atoms with Gasteiger partial charge in [0.15, 0.2) is 0 Å². The molecule has 0 radical (unpaired) electrons. The quantitative estimate of drug-likeness (QED) is 0.852. The van der Waals surface area contributed by atoms with Crippen molar-refractivity contribution in [2.75, 3.05) is 26.2 Å². The molecule has 1 aromatic heterocycles. The van der Waals surface area contributed by atoms with Gasteiger partial charge in [0.25, 0.3) is 0 Å². The highest BCUT2D eigenvalue weighted by molar-refractivity contribution is 7.09. The van der Waals surface area contributed by atoms with Gasteiger partial charge in [0.05, 0.1) is 16.8 Å². The van der Waals surface area contributed by atoms with Gasteiger partial charge < -0.3 is 4.90 Å². The molecule has 6 heteroatoms. The van der Waals surface area contributed by atoms with Crippen LogP contribution in [0.4, 0.5) is 0 Å². The molecule has 21 heavy (non-hydrogen) atoms. The smallest absolute Gasteiger partial charge is 0.242 e. The van der Waals surface area contributed by atoms with E-state index in [1.165, 1.54) is 5.01 Å². The van der Waals surface area contributed by atoms with Crippen LogP contribution in [0.2, 0.25) is 0 Å². The standard InChI is InChI=1S/C15H22N4OS/c1-4-13-17-12(10-21-13)9-18-5-7-19(8-6-18)14(20)15(2,3)11-16/h10H,4-9H2,1-3H3. The van der Waals surface area contributed by atoms with Gasteiger partial charge in [-0.1, -0.05) is 6.92 Å². The first-order valence-corrected chi connectivity index (χ1v) is 8.20. The maximum Gasteiger partial charge on any atom is 0.242 e. The molecule has 0 atom stereocenters. The summed E-state index contributed by atoms with van der Waals surface area (Å²) in [7, 11) is 0. The van der Waals surface area contributed by atoms with Crippen LogP contribution in [0.1, 0.15) is 31.5 Å². The lowest BCUT2D eigenvalue weighted by atomic mass is 9.93. The first-order valence-electron chi connectivity index (χ1n) is 7.32. The van der Waals surface area contributed by atoms with Gasteiger partial charge >= 0.3 is 0 Å².